The molecule has 0 aromatic heterocycles. The SMILES string of the molecule is CC.Cc1cccc(C(=O)NN)c1O. The molecule has 0 spiro atoms. The highest BCUT2D eigenvalue weighted by atomic mass is 16.3. The molecule has 0 saturated carbocycles. The fourth-order valence-electron chi connectivity index (χ4n) is 0.920. The predicted molar refractivity (Wildman–Crippen MR) is 55.8 cm³/mol. The molecule has 78 valence electrons. The van der Waals surface area contributed by atoms with Crippen molar-refractivity contribution >= 4 is 5.91 Å². The number of benzene rings is 1. The minimum absolute atomic E-state index is 0.0274. The molecule has 0 fully saturated rings. The predicted octanol–water partition coefficient (Wildman–Crippen LogP) is 1.33. The summed E-state index contributed by atoms with van der Waals surface area (Å²) in [5.41, 5.74) is 2.79. The highest BCUT2D eigenvalue weighted by Crippen LogP contribution is 2.20. The van der Waals surface area contributed by atoms with Gasteiger partial charge in [0.15, 0.2) is 0 Å². The minimum atomic E-state index is -0.490. The second-order valence-electron chi connectivity index (χ2n) is 2.44. The van der Waals surface area contributed by atoms with E-state index in [1.165, 1.54) is 6.07 Å². The molecule has 4 N–H and O–H groups in total. The molecule has 1 aromatic carbocycles. The van der Waals surface area contributed by atoms with E-state index in [2.05, 4.69) is 0 Å². The number of amides is 1. The molecular weight excluding hydrogens is 180 g/mol. The zero-order valence-corrected chi connectivity index (χ0v) is 8.66. The maximum Gasteiger partial charge on any atom is 0.268 e. The van der Waals surface area contributed by atoms with E-state index in [1.807, 2.05) is 19.3 Å². The van der Waals surface area contributed by atoms with Crippen molar-refractivity contribution in [2.24, 2.45) is 5.84 Å². The third kappa shape index (κ3) is 2.74. The summed E-state index contributed by atoms with van der Waals surface area (Å²) in [5, 5.41) is 9.38. The van der Waals surface area contributed by atoms with Gasteiger partial charge in [0.05, 0.1) is 5.56 Å². The van der Waals surface area contributed by atoms with Gasteiger partial charge in [-0.15, -0.1) is 0 Å². The number of nitrogens with two attached hydrogens (primary N) is 1. The largest absolute Gasteiger partial charge is 0.507 e. The van der Waals surface area contributed by atoms with Gasteiger partial charge in [-0.05, 0) is 18.6 Å². The maximum absolute atomic E-state index is 11.0. The van der Waals surface area contributed by atoms with E-state index in [-0.39, 0.29) is 11.3 Å². The first-order chi connectivity index (χ1) is 6.66. The van der Waals surface area contributed by atoms with E-state index in [4.69, 9.17) is 5.84 Å². The van der Waals surface area contributed by atoms with Crippen molar-refractivity contribution in [1.29, 1.82) is 0 Å². The lowest BCUT2D eigenvalue weighted by molar-refractivity contribution is 0.0951. The van der Waals surface area contributed by atoms with Gasteiger partial charge in [0.2, 0.25) is 0 Å². The number of phenolic OH excluding ortho intramolecular Hbond substituents is 1. The molecule has 0 aliphatic carbocycles. The van der Waals surface area contributed by atoms with Crippen LogP contribution in [0.4, 0.5) is 0 Å². The Bertz CT molecular complexity index is 311. The molecule has 1 rings (SSSR count). The van der Waals surface area contributed by atoms with E-state index in [0.717, 1.165) is 0 Å². The zero-order valence-electron chi connectivity index (χ0n) is 8.66. The summed E-state index contributed by atoms with van der Waals surface area (Å²) in [6.45, 7) is 5.71. The van der Waals surface area contributed by atoms with Crippen LogP contribution >= 0.6 is 0 Å². The Morgan fingerprint density at radius 1 is 1.43 bits per heavy atom. The minimum Gasteiger partial charge on any atom is -0.507 e. The summed E-state index contributed by atoms with van der Waals surface area (Å²) >= 11 is 0. The van der Waals surface area contributed by atoms with Crippen molar-refractivity contribution in [3.8, 4) is 5.75 Å². The number of phenols is 1. The summed E-state index contributed by atoms with van der Waals surface area (Å²) in [6, 6.07) is 4.90. The van der Waals surface area contributed by atoms with Gasteiger partial charge in [-0.1, -0.05) is 26.0 Å². The molecule has 0 saturated heterocycles. The molecule has 0 unspecified atom stereocenters. The Hall–Kier alpha value is -1.55. The number of rotatable bonds is 1. The summed E-state index contributed by atoms with van der Waals surface area (Å²) < 4.78 is 0. The van der Waals surface area contributed by atoms with Crippen LogP contribution in [0.25, 0.3) is 0 Å². The molecule has 1 aromatic rings. The molecule has 0 bridgehead atoms. The molecule has 4 heteroatoms. The van der Waals surface area contributed by atoms with E-state index in [1.54, 1.807) is 19.1 Å². The van der Waals surface area contributed by atoms with E-state index in [9.17, 15) is 9.90 Å². The maximum atomic E-state index is 11.0. The van der Waals surface area contributed by atoms with Crippen LogP contribution in [0.5, 0.6) is 5.75 Å². The van der Waals surface area contributed by atoms with Crippen LogP contribution in [0.15, 0.2) is 18.2 Å². The van der Waals surface area contributed by atoms with Crippen molar-refractivity contribution in [2.45, 2.75) is 20.8 Å². The molecule has 0 aliphatic heterocycles. The van der Waals surface area contributed by atoms with E-state index < -0.39 is 5.91 Å². The third-order valence-electron chi connectivity index (χ3n) is 1.61. The number of hydrazine groups is 1. The van der Waals surface area contributed by atoms with Gasteiger partial charge in [-0.3, -0.25) is 10.2 Å². The highest BCUT2D eigenvalue weighted by molar-refractivity contribution is 5.96. The molecule has 1 amide bonds. The average Bonchev–Trinajstić information content (AvgIpc) is 2.24. The van der Waals surface area contributed by atoms with Crippen LogP contribution in [0, 0.1) is 6.92 Å². The lowest BCUT2D eigenvalue weighted by Crippen LogP contribution is -2.30. The molecule has 4 nitrogen and oxygen atoms in total. The normalized spacial score (nSPS) is 8.57. The topological polar surface area (TPSA) is 75.4 Å². The first-order valence-corrected chi connectivity index (χ1v) is 4.46. The van der Waals surface area contributed by atoms with Gasteiger partial charge in [0.1, 0.15) is 5.75 Å². The number of nitrogens with one attached hydrogen (secondary N) is 1. The number of carbonyl (C=O) groups excluding carboxylic acids is 1. The van der Waals surface area contributed by atoms with Crippen LogP contribution in [0.1, 0.15) is 29.8 Å². The Kier molecular flexibility index (Phi) is 5.33. The van der Waals surface area contributed by atoms with Gasteiger partial charge in [0.25, 0.3) is 5.91 Å². The molecule has 14 heavy (non-hydrogen) atoms. The highest BCUT2D eigenvalue weighted by Gasteiger charge is 2.09. The average molecular weight is 196 g/mol. The van der Waals surface area contributed by atoms with Crippen LogP contribution in [0.2, 0.25) is 0 Å². The number of para-hydroxylation sites is 1. The zero-order chi connectivity index (χ0) is 11.1. The summed E-state index contributed by atoms with van der Waals surface area (Å²) in [4.78, 5) is 11.0. The van der Waals surface area contributed by atoms with Crippen molar-refractivity contribution in [3.63, 3.8) is 0 Å². The Morgan fingerprint density at radius 2 is 2.00 bits per heavy atom. The van der Waals surface area contributed by atoms with Crippen LogP contribution in [-0.2, 0) is 0 Å². The Morgan fingerprint density at radius 3 is 2.50 bits per heavy atom. The van der Waals surface area contributed by atoms with Crippen molar-refractivity contribution in [2.75, 3.05) is 0 Å². The second kappa shape index (κ2) is 5.99. The Labute approximate surface area is 83.7 Å². The standard InChI is InChI=1S/C8H10N2O2.C2H6/c1-5-3-2-4-6(7(5)11)8(12)10-9;1-2/h2-4,11H,9H2,1H3,(H,10,12);1-2H3. The first-order valence-electron chi connectivity index (χ1n) is 4.46. The molecule has 0 atom stereocenters. The van der Waals surface area contributed by atoms with Gasteiger partial charge >= 0.3 is 0 Å². The van der Waals surface area contributed by atoms with E-state index >= 15 is 0 Å². The second-order valence-corrected chi connectivity index (χ2v) is 2.44. The van der Waals surface area contributed by atoms with Crippen LogP contribution < -0.4 is 11.3 Å². The van der Waals surface area contributed by atoms with Crippen LogP contribution in [0.3, 0.4) is 0 Å². The van der Waals surface area contributed by atoms with Crippen molar-refractivity contribution in [1.82, 2.24) is 5.43 Å². The smallest absolute Gasteiger partial charge is 0.268 e. The van der Waals surface area contributed by atoms with Crippen molar-refractivity contribution < 1.29 is 9.90 Å². The van der Waals surface area contributed by atoms with E-state index in [0.29, 0.717) is 5.56 Å². The molecule has 0 radical (unpaired) electrons. The van der Waals surface area contributed by atoms with Gasteiger partial charge in [0, 0.05) is 0 Å². The molecular formula is C10H16N2O2. The number of hydrogen-bond donors (Lipinski definition) is 3. The third-order valence-corrected chi connectivity index (χ3v) is 1.61. The number of carbonyl (C=O) groups is 1. The summed E-state index contributed by atoms with van der Waals surface area (Å²) in [7, 11) is 0. The monoisotopic (exact) mass is 196 g/mol. The quantitative estimate of drug-likeness (QED) is 0.360. The number of aryl methyl sites for hydroxylation is 1. The molecule has 0 aliphatic rings. The fraction of sp³-hybridized carbons (Fsp3) is 0.300. The van der Waals surface area contributed by atoms with Crippen molar-refractivity contribution in [3.05, 3.63) is 29.3 Å². The van der Waals surface area contributed by atoms with Gasteiger partial charge in [-0.2, -0.15) is 0 Å². The lowest BCUT2D eigenvalue weighted by Gasteiger charge is -2.04. The fourth-order valence-corrected chi connectivity index (χ4v) is 0.920. The summed E-state index contributed by atoms with van der Waals surface area (Å²) in [6.07, 6.45) is 0. The summed E-state index contributed by atoms with van der Waals surface area (Å²) in [5.74, 6) is 4.40. The lowest BCUT2D eigenvalue weighted by atomic mass is 10.1. The number of hydrogen-bond acceptors (Lipinski definition) is 3. The Balaban J connectivity index is 0.000000791. The van der Waals surface area contributed by atoms with Gasteiger partial charge < -0.3 is 5.11 Å². The number of nitrogen functional groups attached to an aromatic ring is 1. The number of aromatic hydroxyl groups is 1. The molecule has 0 heterocycles. The first kappa shape index (κ1) is 12.4. The van der Waals surface area contributed by atoms with Gasteiger partial charge in [-0.25, -0.2) is 5.84 Å². The van der Waals surface area contributed by atoms with Crippen LogP contribution in [-0.4, -0.2) is 11.0 Å².